The highest BCUT2D eigenvalue weighted by Gasteiger charge is 2.48. The van der Waals surface area contributed by atoms with Crippen LogP contribution < -0.4 is 5.32 Å². The molecule has 0 aliphatic carbocycles. The van der Waals surface area contributed by atoms with E-state index in [1.165, 1.54) is 16.7 Å². The van der Waals surface area contributed by atoms with Crippen molar-refractivity contribution in [2.75, 3.05) is 19.3 Å². The zero-order chi connectivity index (χ0) is 19.6. The van der Waals surface area contributed by atoms with Gasteiger partial charge in [-0.25, -0.2) is 9.79 Å². The van der Waals surface area contributed by atoms with E-state index in [9.17, 15) is 14.4 Å². The smallest absolute Gasteiger partial charge is 0.325 e. The van der Waals surface area contributed by atoms with Crippen molar-refractivity contribution < 1.29 is 14.4 Å². The molecule has 0 aromatic heterocycles. The normalized spacial score (nSPS) is 22.0. The third-order valence-corrected chi connectivity index (χ3v) is 5.70. The summed E-state index contributed by atoms with van der Waals surface area (Å²) < 4.78 is 0. The van der Waals surface area contributed by atoms with Crippen LogP contribution in [0.5, 0.6) is 0 Å². The number of ketones is 1. The average molecular weight is 388 g/mol. The summed E-state index contributed by atoms with van der Waals surface area (Å²) in [5.74, 6) is 0.378. The van der Waals surface area contributed by atoms with Gasteiger partial charge in [0.25, 0.3) is 5.91 Å². The lowest BCUT2D eigenvalue weighted by Gasteiger charge is -2.36. The highest BCUT2D eigenvalue weighted by molar-refractivity contribution is 8.14. The van der Waals surface area contributed by atoms with Gasteiger partial charge in [0.15, 0.2) is 23.2 Å². The van der Waals surface area contributed by atoms with Crippen LogP contribution in [0, 0.1) is 5.92 Å². The first-order valence-corrected chi connectivity index (χ1v) is 10.00. The fourth-order valence-electron chi connectivity index (χ4n) is 3.09. The summed E-state index contributed by atoms with van der Waals surface area (Å²) >= 11 is 1.33. The molecule has 0 bridgehead atoms. The standard InChI is InChI=1S/C19H24N4O3S/c1-12(2)9-10-23-15-16(22(3)18(26)21-17(15)25)20-19(23)27-11-14(24)13-7-5-4-6-8-13/h4-8,12,15-16H,9-11H2,1-3H3,(H,21,25,26). The first-order valence-electron chi connectivity index (χ1n) is 9.01. The van der Waals surface area contributed by atoms with Crippen molar-refractivity contribution in [3.05, 3.63) is 35.9 Å². The second-order valence-electron chi connectivity index (χ2n) is 7.13. The van der Waals surface area contributed by atoms with Crippen molar-refractivity contribution in [3.63, 3.8) is 0 Å². The number of urea groups is 1. The summed E-state index contributed by atoms with van der Waals surface area (Å²) in [5.41, 5.74) is 0.653. The van der Waals surface area contributed by atoms with Crippen LogP contribution in [-0.4, -0.2) is 64.2 Å². The third-order valence-electron chi connectivity index (χ3n) is 4.70. The first kappa shape index (κ1) is 19.4. The van der Waals surface area contributed by atoms with Gasteiger partial charge in [0.2, 0.25) is 0 Å². The van der Waals surface area contributed by atoms with Crippen LogP contribution in [0.1, 0.15) is 30.6 Å². The largest absolute Gasteiger partial charge is 0.336 e. The van der Waals surface area contributed by atoms with E-state index in [2.05, 4.69) is 24.2 Å². The Labute approximate surface area is 163 Å². The number of benzene rings is 1. The molecular formula is C19H24N4O3S. The number of fused-ring (bicyclic) bond motifs is 1. The third kappa shape index (κ3) is 4.16. The summed E-state index contributed by atoms with van der Waals surface area (Å²) in [6, 6.07) is 8.12. The van der Waals surface area contributed by atoms with Crippen LogP contribution in [0.3, 0.4) is 0 Å². The van der Waals surface area contributed by atoms with Gasteiger partial charge in [-0.15, -0.1) is 0 Å². The Morgan fingerprint density at radius 2 is 1.96 bits per heavy atom. The molecule has 7 nitrogen and oxygen atoms in total. The molecule has 1 fully saturated rings. The molecule has 3 amide bonds. The van der Waals surface area contributed by atoms with Gasteiger partial charge in [0.1, 0.15) is 0 Å². The number of nitrogens with zero attached hydrogens (tertiary/aromatic N) is 3. The average Bonchev–Trinajstić information content (AvgIpc) is 3.02. The number of thioether (sulfide) groups is 1. The lowest BCUT2D eigenvalue weighted by molar-refractivity contribution is -0.127. The summed E-state index contributed by atoms with van der Waals surface area (Å²) in [7, 11) is 1.63. The number of rotatable bonds is 6. The second-order valence-corrected chi connectivity index (χ2v) is 8.07. The van der Waals surface area contributed by atoms with Crippen LogP contribution >= 0.6 is 11.8 Å². The number of amidine groups is 1. The van der Waals surface area contributed by atoms with E-state index in [-0.39, 0.29) is 17.4 Å². The maximum atomic E-state index is 12.4. The summed E-state index contributed by atoms with van der Waals surface area (Å²) in [6.07, 6.45) is 0.341. The molecule has 2 heterocycles. The van der Waals surface area contributed by atoms with E-state index in [0.29, 0.717) is 23.2 Å². The molecule has 1 saturated heterocycles. The number of Topliss-reactive ketones (excluding diaryl/α,β-unsaturated/α-hetero) is 1. The molecule has 1 N–H and O–H groups in total. The summed E-state index contributed by atoms with van der Waals surface area (Å²) in [5, 5.41) is 3.03. The Bertz CT molecular complexity index is 765. The Morgan fingerprint density at radius 1 is 1.26 bits per heavy atom. The minimum absolute atomic E-state index is 0.0101. The molecule has 27 heavy (non-hydrogen) atoms. The lowest BCUT2D eigenvalue weighted by atomic mass is 10.1. The van der Waals surface area contributed by atoms with Crippen LogP contribution in [0.4, 0.5) is 4.79 Å². The number of aliphatic imine (C=N–C) groups is 1. The number of hydrogen-bond donors (Lipinski definition) is 1. The van der Waals surface area contributed by atoms with Crippen molar-refractivity contribution in [2.45, 2.75) is 32.5 Å². The zero-order valence-electron chi connectivity index (χ0n) is 15.7. The predicted molar refractivity (Wildman–Crippen MR) is 106 cm³/mol. The van der Waals surface area contributed by atoms with Gasteiger partial charge in [-0.1, -0.05) is 55.9 Å². The highest BCUT2D eigenvalue weighted by atomic mass is 32.2. The molecule has 144 valence electrons. The molecule has 3 rings (SSSR count). The number of imide groups is 1. The number of nitrogens with one attached hydrogen (secondary N) is 1. The molecule has 2 atom stereocenters. The Hall–Kier alpha value is -2.35. The maximum absolute atomic E-state index is 12.4. The number of carbonyl (C=O) groups is 3. The fraction of sp³-hybridized carbons (Fsp3) is 0.474. The number of amides is 3. The second kappa shape index (κ2) is 8.12. The van der Waals surface area contributed by atoms with Gasteiger partial charge in [-0.05, 0) is 12.3 Å². The van der Waals surface area contributed by atoms with Crippen molar-refractivity contribution in [2.24, 2.45) is 10.9 Å². The van der Waals surface area contributed by atoms with Crippen molar-refractivity contribution in [1.82, 2.24) is 15.1 Å². The first-order chi connectivity index (χ1) is 12.9. The Balaban J connectivity index is 1.76. The Kier molecular flexibility index (Phi) is 5.84. The molecule has 0 radical (unpaired) electrons. The molecule has 1 aromatic carbocycles. The number of likely N-dealkylation sites (N-methyl/N-ethyl adjacent to an activating group) is 1. The van der Waals surface area contributed by atoms with Crippen LogP contribution in [-0.2, 0) is 4.79 Å². The van der Waals surface area contributed by atoms with E-state index < -0.39 is 18.2 Å². The summed E-state index contributed by atoms with van der Waals surface area (Å²) in [6.45, 7) is 4.89. The van der Waals surface area contributed by atoms with Gasteiger partial charge in [-0.3, -0.25) is 14.9 Å². The molecule has 1 aromatic rings. The van der Waals surface area contributed by atoms with Gasteiger partial charge in [0.05, 0.1) is 5.75 Å². The fourth-order valence-corrected chi connectivity index (χ4v) is 4.07. The Morgan fingerprint density at radius 3 is 2.63 bits per heavy atom. The van der Waals surface area contributed by atoms with E-state index >= 15 is 0 Å². The van der Waals surface area contributed by atoms with E-state index in [1.54, 1.807) is 19.2 Å². The maximum Gasteiger partial charge on any atom is 0.325 e. The van der Waals surface area contributed by atoms with E-state index in [1.807, 2.05) is 23.1 Å². The SMILES string of the molecule is CC(C)CCN1C(SCC(=O)c2ccccc2)=NC2C1C(=O)NC(=O)N2C. The van der Waals surface area contributed by atoms with E-state index in [4.69, 9.17) is 0 Å². The molecule has 2 aliphatic rings. The minimum Gasteiger partial charge on any atom is -0.336 e. The molecular weight excluding hydrogens is 364 g/mol. The quantitative estimate of drug-likeness (QED) is 0.756. The predicted octanol–water partition coefficient (Wildman–Crippen LogP) is 2.20. The van der Waals surface area contributed by atoms with Crippen LogP contribution in [0.15, 0.2) is 35.3 Å². The van der Waals surface area contributed by atoms with Gasteiger partial charge < -0.3 is 9.80 Å². The van der Waals surface area contributed by atoms with Crippen LogP contribution in [0.2, 0.25) is 0 Å². The lowest BCUT2D eigenvalue weighted by Crippen LogP contribution is -2.63. The minimum atomic E-state index is -0.548. The molecule has 8 heteroatoms. The molecule has 0 saturated carbocycles. The van der Waals surface area contributed by atoms with Crippen molar-refractivity contribution in [3.8, 4) is 0 Å². The zero-order valence-corrected chi connectivity index (χ0v) is 16.5. The van der Waals surface area contributed by atoms with Crippen LogP contribution in [0.25, 0.3) is 0 Å². The molecule has 2 unspecified atom stereocenters. The highest BCUT2D eigenvalue weighted by Crippen LogP contribution is 2.29. The summed E-state index contributed by atoms with van der Waals surface area (Å²) in [4.78, 5) is 44.8. The van der Waals surface area contributed by atoms with Gasteiger partial charge in [-0.2, -0.15) is 0 Å². The number of carbonyl (C=O) groups excluding carboxylic acids is 3. The molecule has 0 spiro atoms. The van der Waals surface area contributed by atoms with Gasteiger partial charge in [0, 0.05) is 19.2 Å². The van der Waals surface area contributed by atoms with E-state index in [0.717, 1.165) is 6.42 Å². The monoisotopic (exact) mass is 388 g/mol. The van der Waals surface area contributed by atoms with Gasteiger partial charge >= 0.3 is 6.03 Å². The number of hydrogen-bond acceptors (Lipinski definition) is 6. The topological polar surface area (TPSA) is 82.1 Å². The van der Waals surface area contributed by atoms with Crippen molar-refractivity contribution >= 4 is 34.7 Å². The van der Waals surface area contributed by atoms with Crippen molar-refractivity contribution in [1.29, 1.82) is 0 Å². The molecule has 2 aliphatic heterocycles.